The van der Waals surface area contributed by atoms with E-state index in [1.54, 1.807) is 0 Å². The molecule has 0 spiro atoms. The molecule has 1 aromatic rings. The molecule has 2 heterocycles. The lowest BCUT2D eigenvalue weighted by Gasteiger charge is -2.40. The Morgan fingerprint density at radius 3 is 2.78 bits per heavy atom. The number of anilines is 1. The zero-order valence-corrected chi connectivity index (χ0v) is 11.9. The first-order chi connectivity index (χ1) is 8.54. The molecule has 1 aliphatic heterocycles. The summed E-state index contributed by atoms with van der Waals surface area (Å²) in [5.74, 6) is 1.68. The summed E-state index contributed by atoms with van der Waals surface area (Å²) in [5.41, 5.74) is 3.16. The summed E-state index contributed by atoms with van der Waals surface area (Å²) < 4.78 is 0. The predicted octanol–water partition coefficient (Wildman–Crippen LogP) is 2.82. The van der Waals surface area contributed by atoms with Crippen LogP contribution in [0.25, 0.3) is 0 Å². The third-order valence-electron chi connectivity index (χ3n) is 4.26. The van der Waals surface area contributed by atoms with Gasteiger partial charge in [-0.3, -0.25) is 0 Å². The Hall–Kier alpha value is -1.09. The van der Waals surface area contributed by atoms with Crippen molar-refractivity contribution in [2.24, 2.45) is 5.92 Å². The second-order valence-corrected chi connectivity index (χ2v) is 5.59. The van der Waals surface area contributed by atoms with Crippen LogP contribution in [0, 0.1) is 19.8 Å². The number of aromatic nitrogens is 1. The van der Waals surface area contributed by atoms with Crippen molar-refractivity contribution in [3.8, 4) is 0 Å². The van der Waals surface area contributed by atoms with Crippen LogP contribution >= 0.6 is 0 Å². The zero-order valence-electron chi connectivity index (χ0n) is 11.9. The number of piperidine rings is 1. The van der Waals surface area contributed by atoms with Crippen LogP contribution in [-0.2, 0) is 6.61 Å². The van der Waals surface area contributed by atoms with Gasteiger partial charge in [0.1, 0.15) is 5.82 Å². The van der Waals surface area contributed by atoms with E-state index in [1.807, 2.05) is 13.0 Å². The van der Waals surface area contributed by atoms with Crippen LogP contribution in [0.15, 0.2) is 6.07 Å². The average molecular weight is 248 g/mol. The highest BCUT2D eigenvalue weighted by atomic mass is 16.3. The molecule has 0 saturated carbocycles. The van der Waals surface area contributed by atoms with E-state index in [-0.39, 0.29) is 6.61 Å². The van der Waals surface area contributed by atoms with Gasteiger partial charge in [0.25, 0.3) is 0 Å². The number of rotatable bonds is 2. The van der Waals surface area contributed by atoms with Crippen molar-refractivity contribution >= 4 is 5.82 Å². The maximum atomic E-state index is 9.61. The highest BCUT2D eigenvalue weighted by Gasteiger charge is 2.27. The topological polar surface area (TPSA) is 36.4 Å². The molecule has 18 heavy (non-hydrogen) atoms. The van der Waals surface area contributed by atoms with Crippen molar-refractivity contribution in [2.45, 2.75) is 53.2 Å². The van der Waals surface area contributed by atoms with Gasteiger partial charge in [-0.15, -0.1) is 0 Å². The fourth-order valence-electron chi connectivity index (χ4n) is 2.91. The number of hydrogen-bond acceptors (Lipinski definition) is 3. The quantitative estimate of drug-likeness (QED) is 0.874. The highest BCUT2D eigenvalue weighted by molar-refractivity contribution is 5.52. The van der Waals surface area contributed by atoms with Crippen molar-refractivity contribution in [2.75, 3.05) is 11.4 Å². The number of aryl methyl sites for hydroxylation is 2. The number of aliphatic hydroxyl groups excluding tert-OH is 1. The molecule has 3 heteroatoms. The summed E-state index contributed by atoms with van der Waals surface area (Å²) in [7, 11) is 0. The number of hydrogen-bond donors (Lipinski definition) is 1. The standard InChI is InChI=1S/C15H24N2O/c1-10-6-5-7-17(13(10)4)15-14(9-18)11(2)8-12(3)16-15/h8,10,13,18H,5-7,9H2,1-4H3. The maximum absolute atomic E-state index is 9.61. The van der Waals surface area contributed by atoms with Crippen molar-refractivity contribution in [3.63, 3.8) is 0 Å². The fraction of sp³-hybridized carbons (Fsp3) is 0.667. The summed E-state index contributed by atoms with van der Waals surface area (Å²) in [5, 5.41) is 9.61. The van der Waals surface area contributed by atoms with Crippen molar-refractivity contribution < 1.29 is 5.11 Å². The lowest BCUT2D eigenvalue weighted by Crippen LogP contribution is -2.43. The Morgan fingerprint density at radius 1 is 1.39 bits per heavy atom. The van der Waals surface area contributed by atoms with Crippen LogP contribution in [0.1, 0.15) is 43.5 Å². The minimum absolute atomic E-state index is 0.0754. The van der Waals surface area contributed by atoms with Gasteiger partial charge in [0.2, 0.25) is 0 Å². The first-order valence-electron chi connectivity index (χ1n) is 6.89. The van der Waals surface area contributed by atoms with E-state index in [9.17, 15) is 5.11 Å². The Labute approximate surface area is 110 Å². The molecule has 0 bridgehead atoms. The Balaban J connectivity index is 2.43. The van der Waals surface area contributed by atoms with E-state index in [2.05, 4.69) is 30.7 Å². The predicted molar refractivity (Wildman–Crippen MR) is 74.8 cm³/mol. The molecule has 1 fully saturated rings. The first kappa shape index (κ1) is 13.3. The molecule has 100 valence electrons. The third kappa shape index (κ3) is 2.37. The van der Waals surface area contributed by atoms with Crippen molar-refractivity contribution in [1.82, 2.24) is 4.98 Å². The van der Waals surface area contributed by atoms with Gasteiger partial charge in [-0.05, 0) is 51.2 Å². The smallest absolute Gasteiger partial charge is 0.134 e. The van der Waals surface area contributed by atoms with Gasteiger partial charge in [-0.1, -0.05) is 6.92 Å². The Morgan fingerprint density at radius 2 is 2.11 bits per heavy atom. The van der Waals surface area contributed by atoms with Gasteiger partial charge in [-0.25, -0.2) is 4.98 Å². The summed E-state index contributed by atoms with van der Waals surface area (Å²) >= 11 is 0. The fourth-order valence-corrected chi connectivity index (χ4v) is 2.91. The SMILES string of the molecule is Cc1cc(C)c(CO)c(N2CCCC(C)C2C)n1. The molecular weight excluding hydrogens is 224 g/mol. The molecule has 0 aromatic carbocycles. The van der Waals surface area contributed by atoms with Crippen LogP contribution in [0.4, 0.5) is 5.82 Å². The lowest BCUT2D eigenvalue weighted by molar-refractivity contribution is 0.279. The molecular formula is C15H24N2O. The monoisotopic (exact) mass is 248 g/mol. The maximum Gasteiger partial charge on any atom is 0.134 e. The Kier molecular flexibility index (Phi) is 3.91. The van der Waals surface area contributed by atoms with Gasteiger partial charge in [0.05, 0.1) is 6.61 Å². The van der Waals surface area contributed by atoms with E-state index < -0.39 is 0 Å². The molecule has 2 unspecified atom stereocenters. The number of aliphatic hydroxyl groups is 1. The van der Waals surface area contributed by atoms with E-state index in [4.69, 9.17) is 0 Å². The van der Waals surface area contributed by atoms with Crippen LogP contribution in [-0.4, -0.2) is 22.7 Å². The van der Waals surface area contributed by atoms with Crippen LogP contribution in [0.5, 0.6) is 0 Å². The molecule has 0 radical (unpaired) electrons. The normalized spacial score (nSPS) is 24.4. The minimum Gasteiger partial charge on any atom is -0.392 e. The first-order valence-corrected chi connectivity index (χ1v) is 6.89. The Bertz CT molecular complexity index is 431. The summed E-state index contributed by atoms with van der Waals surface area (Å²) in [6.45, 7) is 9.78. The lowest BCUT2D eigenvalue weighted by atomic mass is 9.91. The highest BCUT2D eigenvalue weighted by Crippen LogP contribution is 2.31. The van der Waals surface area contributed by atoms with Gasteiger partial charge >= 0.3 is 0 Å². The molecule has 1 aliphatic rings. The van der Waals surface area contributed by atoms with Crippen LogP contribution in [0.3, 0.4) is 0 Å². The molecule has 1 aromatic heterocycles. The van der Waals surface area contributed by atoms with Gasteiger partial charge < -0.3 is 10.0 Å². The summed E-state index contributed by atoms with van der Waals surface area (Å²) in [6, 6.07) is 2.55. The number of nitrogens with zero attached hydrogens (tertiary/aromatic N) is 2. The molecule has 1 saturated heterocycles. The molecule has 0 amide bonds. The van der Waals surface area contributed by atoms with Crippen molar-refractivity contribution in [3.05, 3.63) is 22.9 Å². The van der Waals surface area contributed by atoms with Crippen molar-refractivity contribution in [1.29, 1.82) is 0 Å². The van der Waals surface area contributed by atoms with E-state index in [0.29, 0.717) is 12.0 Å². The van der Waals surface area contributed by atoms with E-state index >= 15 is 0 Å². The van der Waals surface area contributed by atoms with Crippen LogP contribution in [0.2, 0.25) is 0 Å². The van der Waals surface area contributed by atoms with E-state index in [0.717, 1.165) is 29.2 Å². The third-order valence-corrected chi connectivity index (χ3v) is 4.26. The number of pyridine rings is 1. The average Bonchev–Trinajstić information content (AvgIpc) is 2.32. The summed E-state index contributed by atoms with van der Waals surface area (Å²) in [4.78, 5) is 7.05. The molecule has 2 atom stereocenters. The zero-order chi connectivity index (χ0) is 13.3. The molecule has 1 N–H and O–H groups in total. The second kappa shape index (κ2) is 5.27. The summed E-state index contributed by atoms with van der Waals surface area (Å²) in [6.07, 6.45) is 2.50. The second-order valence-electron chi connectivity index (χ2n) is 5.59. The van der Waals surface area contributed by atoms with Gasteiger partial charge in [0, 0.05) is 23.8 Å². The van der Waals surface area contributed by atoms with Crippen LogP contribution < -0.4 is 4.90 Å². The molecule has 2 rings (SSSR count). The largest absolute Gasteiger partial charge is 0.392 e. The minimum atomic E-state index is 0.0754. The van der Waals surface area contributed by atoms with E-state index in [1.165, 1.54) is 12.8 Å². The van der Waals surface area contributed by atoms with Gasteiger partial charge in [-0.2, -0.15) is 0 Å². The molecule has 0 aliphatic carbocycles. The van der Waals surface area contributed by atoms with Gasteiger partial charge in [0.15, 0.2) is 0 Å². The molecule has 3 nitrogen and oxygen atoms in total.